The predicted molar refractivity (Wildman–Crippen MR) is 66.0 cm³/mol. The van der Waals surface area contributed by atoms with Crippen LogP contribution in [0, 0.1) is 0 Å². The van der Waals surface area contributed by atoms with Gasteiger partial charge in [0.2, 0.25) is 5.91 Å². The van der Waals surface area contributed by atoms with Crippen molar-refractivity contribution in [2.45, 2.75) is 12.5 Å². The van der Waals surface area contributed by atoms with Gasteiger partial charge >= 0.3 is 0 Å². The molecule has 1 unspecified atom stereocenters. The Bertz CT molecular complexity index is 501. The molecule has 2 amide bonds. The van der Waals surface area contributed by atoms with E-state index in [4.69, 9.17) is 5.73 Å². The van der Waals surface area contributed by atoms with Crippen LogP contribution in [0.2, 0.25) is 0 Å². The molecule has 1 fully saturated rings. The molecule has 0 bridgehead atoms. The van der Waals surface area contributed by atoms with Crippen molar-refractivity contribution >= 4 is 17.5 Å². The molecule has 1 heterocycles. The van der Waals surface area contributed by atoms with E-state index >= 15 is 0 Å². The Morgan fingerprint density at radius 2 is 2.28 bits per heavy atom. The molecule has 1 aliphatic rings. The van der Waals surface area contributed by atoms with Gasteiger partial charge in [-0.1, -0.05) is 0 Å². The number of carbonyl (C=O) groups is 2. The second-order valence-electron chi connectivity index (χ2n) is 4.35. The van der Waals surface area contributed by atoms with Gasteiger partial charge in [-0.3, -0.25) is 9.59 Å². The third-order valence-electron chi connectivity index (χ3n) is 3.03. The monoisotopic (exact) mass is 249 g/mol. The summed E-state index contributed by atoms with van der Waals surface area (Å²) >= 11 is 0. The molecule has 6 heteroatoms. The number of nitrogens with two attached hydrogens (primary N) is 1. The number of likely N-dealkylation sites (N-methyl/N-ethyl adjacent to an activating group) is 1. The number of carbonyl (C=O) groups excluding carboxylic acids is 2. The Morgan fingerprint density at radius 1 is 1.56 bits per heavy atom. The van der Waals surface area contributed by atoms with E-state index in [9.17, 15) is 14.7 Å². The van der Waals surface area contributed by atoms with Crippen LogP contribution in [0.1, 0.15) is 16.8 Å². The topological polar surface area (TPSA) is 95.7 Å². The van der Waals surface area contributed by atoms with Gasteiger partial charge in [0.05, 0.1) is 5.69 Å². The molecule has 0 aromatic heterocycles. The van der Waals surface area contributed by atoms with Crippen LogP contribution in [-0.2, 0) is 4.79 Å². The Balaban J connectivity index is 2.08. The minimum absolute atomic E-state index is 0.0944. The number of hydrogen-bond donors (Lipinski definition) is 3. The highest BCUT2D eigenvalue weighted by Crippen LogP contribution is 2.20. The standard InChI is InChI=1S/C12H15N3O3/c1-15-5-4-9(12(15)18)14-11(17)7-2-3-8(13)10(16)6-7/h2-3,6,9,16H,4-5,13H2,1H3,(H,14,17). The lowest BCUT2D eigenvalue weighted by molar-refractivity contribution is -0.128. The molecule has 4 N–H and O–H groups in total. The fraction of sp³-hybridized carbons (Fsp3) is 0.333. The van der Waals surface area contributed by atoms with Crippen LogP contribution in [0.25, 0.3) is 0 Å². The van der Waals surface area contributed by atoms with Gasteiger partial charge in [0.25, 0.3) is 5.91 Å². The van der Waals surface area contributed by atoms with Crippen molar-refractivity contribution in [3.8, 4) is 5.75 Å². The third-order valence-corrected chi connectivity index (χ3v) is 3.03. The largest absolute Gasteiger partial charge is 0.506 e. The molecule has 1 aromatic rings. The molecule has 1 aliphatic heterocycles. The quantitative estimate of drug-likeness (QED) is 0.505. The minimum Gasteiger partial charge on any atom is -0.506 e. The van der Waals surface area contributed by atoms with E-state index < -0.39 is 6.04 Å². The van der Waals surface area contributed by atoms with Crippen LogP contribution in [0.4, 0.5) is 5.69 Å². The van der Waals surface area contributed by atoms with E-state index in [-0.39, 0.29) is 28.8 Å². The van der Waals surface area contributed by atoms with Crippen molar-refractivity contribution in [1.82, 2.24) is 10.2 Å². The zero-order valence-electron chi connectivity index (χ0n) is 10.0. The van der Waals surface area contributed by atoms with Gasteiger partial charge in [0.15, 0.2) is 0 Å². The van der Waals surface area contributed by atoms with E-state index in [0.717, 1.165) is 0 Å². The molecule has 1 saturated heterocycles. The van der Waals surface area contributed by atoms with Crippen LogP contribution in [-0.4, -0.2) is 41.5 Å². The number of phenolic OH excluding ortho intramolecular Hbond substituents is 1. The number of amides is 2. The van der Waals surface area contributed by atoms with Crippen molar-refractivity contribution in [2.75, 3.05) is 19.3 Å². The summed E-state index contributed by atoms with van der Waals surface area (Å²) < 4.78 is 0. The Morgan fingerprint density at radius 3 is 2.83 bits per heavy atom. The number of nitrogen functional groups attached to an aromatic ring is 1. The van der Waals surface area contributed by atoms with E-state index in [2.05, 4.69) is 5.32 Å². The van der Waals surface area contributed by atoms with Gasteiger partial charge < -0.3 is 21.1 Å². The molecule has 0 spiro atoms. The third kappa shape index (κ3) is 2.22. The molecule has 1 aromatic carbocycles. The summed E-state index contributed by atoms with van der Waals surface area (Å²) in [4.78, 5) is 25.1. The second kappa shape index (κ2) is 4.56. The maximum absolute atomic E-state index is 11.9. The van der Waals surface area contributed by atoms with Crippen molar-refractivity contribution < 1.29 is 14.7 Å². The first-order valence-electron chi connectivity index (χ1n) is 5.63. The summed E-state index contributed by atoms with van der Waals surface area (Å²) in [6, 6.07) is 3.76. The number of phenols is 1. The van der Waals surface area contributed by atoms with E-state index in [1.54, 1.807) is 11.9 Å². The van der Waals surface area contributed by atoms with Crippen LogP contribution in [0.5, 0.6) is 5.75 Å². The fourth-order valence-corrected chi connectivity index (χ4v) is 1.88. The van der Waals surface area contributed by atoms with Gasteiger partial charge in [-0.2, -0.15) is 0 Å². The summed E-state index contributed by atoms with van der Waals surface area (Å²) in [6.07, 6.45) is 0.599. The van der Waals surface area contributed by atoms with Gasteiger partial charge in [-0.25, -0.2) is 0 Å². The second-order valence-corrected chi connectivity index (χ2v) is 4.35. The maximum atomic E-state index is 11.9. The number of anilines is 1. The normalized spacial score (nSPS) is 19.1. The lowest BCUT2D eigenvalue weighted by Crippen LogP contribution is -2.40. The number of likely N-dealkylation sites (tertiary alicyclic amines) is 1. The number of rotatable bonds is 2. The summed E-state index contributed by atoms with van der Waals surface area (Å²) in [5.41, 5.74) is 5.94. The molecule has 2 rings (SSSR count). The first kappa shape index (κ1) is 12.2. The van der Waals surface area contributed by atoms with Crippen molar-refractivity contribution in [1.29, 1.82) is 0 Å². The molecule has 0 radical (unpaired) electrons. The molecule has 1 atom stereocenters. The molecule has 0 aliphatic carbocycles. The SMILES string of the molecule is CN1CCC(NC(=O)c2ccc(N)c(O)c2)C1=O. The molecule has 6 nitrogen and oxygen atoms in total. The highest BCUT2D eigenvalue weighted by Gasteiger charge is 2.30. The molecule has 18 heavy (non-hydrogen) atoms. The molecule has 96 valence electrons. The van der Waals surface area contributed by atoms with Crippen LogP contribution >= 0.6 is 0 Å². The highest BCUT2D eigenvalue weighted by molar-refractivity contribution is 5.98. The number of benzene rings is 1. The predicted octanol–water partition coefficient (Wildman–Crippen LogP) is -0.0651. The van der Waals surface area contributed by atoms with Crippen LogP contribution in [0.3, 0.4) is 0 Å². The lowest BCUT2D eigenvalue weighted by atomic mass is 10.1. The highest BCUT2D eigenvalue weighted by atomic mass is 16.3. The summed E-state index contributed by atoms with van der Waals surface area (Å²) in [6.45, 7) is 0.636. The van der Waals surface area contributed by atoms with E-state index in [1.807, 2.05) is 0 Å². The Labute approximate surface area is 104 Å². The summed E-state index contributed by atoms with van der Waals surface area (Å²) in [7, 11) is 1.70. The average molecular weight is 249 g/mol. The van der Waals surface area contributed by atoms with Crippen LogP contribution in [0.15, 0.2) is 18.2 Å². The number of aromatic hydroxyl groups is 1. The maximum Gasteiger partial charge on any atom is 0.252 e. The molecular weight excluding hydrogens is 234 g/mol. The molecule has 0 saturated carbocycles. The van der Waals surface area contributed by atoms with Gasteiger partial charge in [-0.05, 0) is 24.6 Å². The Kier molecular flexibility index (Phi) is 3.10. The smallest absolute Gasteiger partial charge is 0.252 e. The first-order valence-corrected chi connectivity index (χ1v) is 5.63. The summed E-state index contributed by atoms with van der Waals surface area (Å²) in [5, 5.41) is 12.1. The van der Waals surface area contributed by atoms with Gasteiger partial charge in [0.1, 0.15) is 11.8 Å². The van der Waals surface area contributed by atoms with Gasteiger partial charge in [0, 0.05) is 19.2 Å². The van der Waals surface area contributed by atoms with Gasteiger partial charge in [-0.15, -0.1) is 0 Å². The van der Waals surface area contributed by atoms with Crippen molar-refractivity contribution in [3.63, 3.8) is 0 Å². The fourth-order valence-electron chi connectivity index (χ4n) is 1.88. The first-order chi connectivity index (χ1) is 8.49. The zero-order chi connectivity index (χ0) is 13.3. The van der Waals surface area contributed by atoms with Crippen molar-refractivity contribution in [3.05, 3.63) is 23.8 Å². The molecular formula is C12H15N3O3. The number of nitrogens with zero attached hydrogens (tertiary/aromatic N) is 1. The number of nitrogens with one attached hydrogen (secondary N) is 1. The summed E-state index contributed by atoms with van der Waals surface area (Å²) in [5.74, 6) is -0.625. The number of hydrogen-bond acceptors (Lipinski definition) is 4. The van der Waals surface area contributed by atoms with Crippen molar-refractivity contribution in [2.24, 2.45) is 0 Å². The minimum atomic E-state index is -0.484. The zero-order valence-corrected chi connectivity index (χ0v) is 10.0. The Hall–Kier alpha value is -2.24. The van der Waals surface area contributed by atoms with E-state index in [1.165, 1.54) is 18.2 Å². The lowest BCUT2D eigenvalue weighted by Gasteiger charge is -2.12. The average Bonchev–Trinajstić information content (AvgIpc) is 2.64. The van der Waals surface area contributed by atoms with E-state index in [0.29, 0.717) is 13.0 Å². The van der Waals surface area contributed by atoms with Crippen LogP contribution < -0.4 is 11.1 Å².